The van der Waals surface area contributed by atoms with Gasteiger partial charge in [-0.15, -0.1) is 0 Å². The van der Waals surface area contributed by atoms with Crippen molar-refractivity contribution in [2.45, 2.75) is 218 Å². The Morgan fingerprint density at radius 2 is 0.917 bits per heavy atom. The van der Waals surface area contributed by atoms with Crippen LogP contribution in [-0.2, 0) is 17.6 Å². The normalized spacial score (nSPS) is 28.3. The Balaban J connectivity index is 0.784. The molecule has 4 saturated carbocycles. The minimum Gasteiger partial charge on any atom is -0.300 e. The van der Waals surface area contributed by atoms with Crippen molar-refractivity contribution in [2.24, 2.45) is 47.3 Å². The molecule has 2 aromatic rings. The van der Waals surface area contributed by atoms with Crippen molar-refractivity contribution >= 4 is 5.78 Å². The number of carbonyl (C=O) groups is 1. The lowest BCUT2D eigenvalue weighted by atomic mass is 9.70. The van der Waals surface area contributed by atoms with E-state index in [1.807, 2.05) is 0 Å². The first-order chi connectivity index (χ1) is 29.4. The molecule has 0 amide bonds. The summed E-state index contributed by atoms with van der Waals surface area (Å²) in [5.74, 6) is 6.25. The third-order valence-electron chi connectivity index (χ3n) is 16.1. The zero-order valence-electron chi connectivity index (χ0n) is 37.9. The molecule has 0 saturated heterocycles. The lowest BCUT2D eigenvalue weighted by Crippen LogP contribution is -2.24. The minimum atomic E-state index is 0.245. The first-order valence-corrected chi connectivity index (χ1v) is 25.4. The van der Waals surface area contributed by atoms with Crippen molar-refractivity contribution in [2.75, 3.05) is 0 Å². The molecule has 0 aliphatic heterocycles. The van der Waals surface area contributed by atoms with Gasteiger partial charge in [-0.05, 0) is 188 Å². The smallest absolute Gasteiger partial charge is 0.132 e. The van der Waals surface area contributed by atoms with E-state index in [0.717, 1.165) is 112 Å². The van der Waals surface area contributed by atoms with Gasteiger partial charge in [0, 0.05) is 36.5 Å². The number of ketones is 1. The molecule has 7 heteroatoms. The molecule has 4 aliphatic rings. The average molecular weight is 817 g/mol. The molecule has 0 spiro atoms. The maximum absolute atomic E-state index is 12.6. The lowest BCUT2D eigenvalue weighted by Gasteiger charge is -2.34. The van der Waals surface area contributed by atoms with Crippen LogP contribution >= 0.6 is 0 Å². The number of carbonyl (C=O) groups excluding carboxylic acids is 1. The molecule has 2 aromatic heterocycles. The fourth-order valence-corrected chi connectivity index (χ4v) is 12.2. The molecule has 0 bridgehead atoms. The Labute approximate surface area is 365 Å². The van der Waals surface area contributed by atoms with Crippen LogP contribution in [0, 0.1) is 70.0 Å². The number of Topliss-reactive ketones (excluding diaryl/α,β-unsaturated/α-hetero) is 1. The number of aromatic nitrogens is 4. The standard InChI is InChI=1S/C53H80N6O/c1-3-9-39-15-23-43(24-16-39)47(37-54)35-41-19-27-45(28-20-41)52-33-31-49(56-58-52)11-5-7-13-51(60)14-8-6-12-50-32-34-53(59-57-50)46-29-21-42(22-30-46)36-48(38-55)44-25-17-40(10-4-2)18-26-44/h31-34,39-48H,3-30,35-36H2,1-2H3/t39-,40-,41?,42?,43-,44-,45?,46?,47?,48?. The number of nitriles is 2. The Morgan fingerprint density at radius 3 is 1.25 bits per heavy atom. The SMILES string of the molecule is CCC[C@H]1CC[C@H](C(C#N)CC2CCC(c3ccc(CCCCC(=O)CCCCc4ccc(C5CCC(CC(C#N)[C@H]6CC[C@H](CCC)CC6)CC5)nn4)nn3)CC2)CC1. The number of unbranched alkanes of at least 4 members (excludes halogenated alkanes) is 2. The van der Waals surface area contributed by atoms with Gasteiger partial charge in [-0.2, -0.15) is 30.9 Å². The summed E-state index contributed by atoms with van der Waals surface area (Å²) in [5, 5.41) is 38.5. The lowest BCUT2D eigenvalue weighted by molar-refractivity contribution is -0.119. The second-order valence-electron chi connectivity index (χ2n) is 20.4. The van der Waals surface area contributed by atoms with Gasteiger partial charge in [0.05, 0.1) is 34.9 Å². The molecule has 6 rings (SSSR count). The van der Waals surface area contributed by atoms with Gasteiger partial charge in [0.25, 0.3) is 0 Å². The average Bonchev–Trinajstić information content (AvgIpc) is 3.29. The Bertz CT molecular complexity index is 1480. The van der Waals surface area contributed by atoms with Crippen LogP contribution in [0.25, 0.3) is 0 Å². The number of rotatable bonds is 22. The number of hydrogen-bond donors (Lipinski definition) is 0. The van der Waals surface area contributed by atoms with E-state index < -0.39 is 0 Å². The first kappa shape index (κ1) is 46.3. The van der Waals surface area contributed by atoms with Crippen molar-refractivity contribution in [1.29, 1.82) is 10.5 Å². The highest BCUT2D eigenvalue weighted by molar-refractivity contribution is 5.78. The maximum Gasteiger partial charge on any atom is 0.132 e. The van der Waals surface area contributed by atoms with E-state index in [4.69, 9.17) is 0 Å². The second kappa shape index (κ2) is 25.1. The molecule has 2 atom stereocenters. The topological polar surface area (TPSA) is 116 Å². The van der Waals surface area contributed by atoms with E-state index >= 15 is 0 Å². The Morgan fingerprint density at radius 1 is 0.533 bits per heavy atom. The summed E-state index contributed by atoms with van der Waals surface area (Å²) < 4.78 is 0. The van der Waals surface area contributed by atoms with Crippen LogP contribution in [0.4, 0.5) is 0 Å². The molecule has 4 fully saturated rings. The van der Waals surface area contributed by atoms with Crippen molar-refractivity contribution in [3.8, 4) is 12.1 Å². The monoisotopic (exact) mass is 817 g/mol. The summed E-state index contributed by atoms with van der Waals surface area (Å²) in [5.41, 5.74) is 4.33. The van der Waals surface area contributed by atoms with Gasteiger partial charge >= 0.3 is 0 Å². The summed E-state index contributed by atoms with van der Waals surface area (Å²) in [6.45, 7) is 4.59. The summed E-state index contributed by atoms with van der Waals surface area (Å²) in [7, 11) is 0. The van der Waals surface area contributed by atoms with E-state index in [2.05, 4.69) is 70.6 Å². The van der Waals surface area contributed by atoms with Crippen LogP contribution in [0.3, 0.4) is 0 Å². The summed E-state index contributed by atoms with van der Waals surface area (Å²) in [4.78, 5) is 12.6. The molecule has 0 radical (unpaired) electrons. The zero-order chi connectivity index (χ0) is 41.9. The summed E-state index contributed by atoms with van der Waals surface area (Å²) in [6, 6.07) is 14.2. The van der Waals surface area contributed by atoms with Crippen LogP contribution in [0.15, 0.2) is 24.3 Å². The largest absolute Gasteiger partial charge is 0.300 e. The highest BCUT2D eigenvalue weighted by Gasteiger charge is 2.33. The zero-order valence-corrected chi connectivity index (χ0v) is 37.9. The van der Waals surface area contributed by atoms with Crippen LogP contribution in [-0.4, -0.2) is 26.2 Å². The first-order valence-electron chi connectivity index (χ1n) is 25.4. The van der Waals surface area contributed by atoms with Gasteiger partial charge in [0.1, 0.15) is 5.78 Å². The fraction of sp³-hybridized carbons (Fsp3) is 0.792. The Kier molecular flexibility index (Phi) is 19.3. The van der Waals surface area contributed by atoms with E-state index in [1.54, 1.807) is 0 Å². The van der Waals surface area contributed by atoms with E-state index in [1.165, 1.54) is 103 Å². The molecule has 0 aromatic carbocycles. The van der Waals surface area contributed by atoms with Gasteiger partial charge in [-0.25, -0.2) is 0 Å². The maximum atomic E-state index is 12.6. The van der Waals surface area contributed by atoms with Crippen LogP contribution < -0.4 is 0 Å². The molecule has 328 valence electrons. The van der Waals surface area contributed by atoms with E-state index in [9.17, 15) is 15.3 Å². The van der Waals surface area contributed by atoms with Gasteiger partial charge in [-0.3, -0.25) is 4.79 Å². The van der Waals surface area contributed by atoms with Crippen LogP contribution in [0.1, 0.15) is 228 Å². The van der Waals surface area contributed by atoms with Crippen molar-refractivity contribution < 1.29 is 4.79 Å². The fourth-order valence-electron chi connectivity index (χ4n) is 12.2. The molecule has 4 aliphatic carbocycles. The quantitative estimate of drug-likeness (QED) is 0.109. The Hall–Kier alpha value is -3.19. The number of nitrogens with zero attached hydrogens (tertiary/aromatic N) is 6. The van der Waals surface area contributed by atoms with Crippen molar-refractivity contribution in [3.63, 3.8) is 0 Å². The van der Waals surface area contributed by atoms with Gasteiger partial charge in [0.2, 0.25) is 0 Å². The number of hydrogen-bond acceptors (Lipinski definition) is 7. The molecule has 0 N–H and O–H groups in total. The minimum absolute atomic E-state index is 0.245. The molecular weight excluding hydrogens is 737 g/mol. The van der Waals surface area contributed by atoms with Crippen molar-refractivity contribution in [1.82, 2.24) is 20.4 Å². The third-order valence-corrected chi connectivity index (χ3v) is 16.1. The molecule has 2 unspecified atom stereocenters. The highest BCUT2D eigenvalue weighted by Crippen LogP contribution is 2.44. The van der Waals surface area contributed by atoms with E-state index in [0.29, 0.717) is 54.1 Å². The van der Waals surface area contributed by atoms with Gasteiger partial charge in [-0.1, -0.05) is 65.2 Å². The third kappa shape index (κ3) is 14.4. The van der Waals surface area contributed by atoms with Gasteiger partial charge in [0.15, 0.2) is 0 Å². The molecule has 7 nitrogen and oxygen atoms in total. The molecular formula is C53H80N6O. The molecule has 2 heterocycles. The highest BCUT2D eigenvalue weighted by atomic mass is 16.1. The predicted molar refractivity (Wildman–Crippen MR) is 242 cm³/mol. The van der Waals surface area contributed by atoms with E-state index in [-0.39, 0.29) is 11.8 Å². The summed E-state index contributed by atoms with van der Waals surface area (Å²) in [6.07, 6.45) is 34.2. The van der Waals surface area contributed by atoms with Crippen LogP contribution in [0.2, 0.25) is 0 Å². The predicted octanol–water partition coefficient (Wildman–Crippen LogP) is 13.8. The molecule has 60 heavy (non-hydrogen) atoms. The number of aryl methyl sites for hydroxylation is 2. The van der Waals surface area contributed by atoms with Gasteiger partial charge < -0.3 is 0 Å². The second-order valence-corrected chi connectivity index (χ2v) is 20.4. The van der Waals surface area contributed by atoms with Crippen molar-refractivity contribution in [3.05, 3.63) is 47.0 Å². The van der Waals surface area contributed by atoms with Crippen LogP contribution in [0.5, 0.6) is 0 Å². The summed E-state index contributed by atoms with van der Waals surface area (Å²) >= 11 is 0.